The monoisotopic (exact) mass is 350 g/mol. The molecular weight excluding hydrogens is 335 g/mol. The topological polar surface area (TPSA) is 60.4 Å². The zero-order valence-electron chi connectivity index (χ0n) is 11.2. The minimum atomic E-state index is -3.59. The van der Waals surface area contributed by atoms with Crippen LogP contribution < -0.4 is 0 Å². The lowest BCUT2D eigenvalue weighted by molar-refractivity contribution is 0.465. The molecule has 2 unspecified atom stereocenters. The maximum Gasteiger partial charge on any atom is 0.170 e. The number of alkyl halides is 2. The molecule has 0 aliphatic heterocycles. The molecule has 4 nitrogen and oxygen atoms in total. The quantitative estimate of drug-likeness (QED) is 0.664. The molecule has 0 aliphatic carbocycles. The predicted molar refractivity (Wildman–Crippen MR) is 82.5 cm³/mol. The second-order valence-corrected chi connectivity index (χ2v) is 7.62. The van der Waals surface area contributed by atoms with Crippen LogP contribution in [0.1, 0.15) is 34.9 Å². The third-order valence-electron chi connectivity index (χ3n) is 3.26. The highest BCUT2D eigenvalue weighted by Gasteiger charge is 2.38. The summed E-state index contributed by atoms with van der Waals surface area (Å²) in [5.41, 5.74) is 0. The molecule has 116 valence electrons. The normalized spacial score (nSPS) is 15.0. The minimum absolute atomic E-state index is 0.219. The van der Waals surface area contributed by atoms with Crippen molar-refractivity contribution in [2.75, 3.05) is 11.8 Å². The highest BCUT2D eigenvalue weighted by molar-refractivity contribution is 7.91. The molecule has 0 aliphatic rings. The van der Waals surface area contributed by atoms with E-state index in [-0.39, 0.29) is 24.6 Å². The van der Waals surface area contributed by atoms with Crippen molar-refractivity contribution in [2.45, 2.75) is 23.3 Å². The number of rotatable bonds is 8. The van der Waals surface area contributed by atoms with Gasteiger partial charge in [-0.1, -0.05) is 0 Å². The summed E-state index contributed by atoms with van der Waals surface area (Å²) in [7, 11) is -3.59. The Kier molecular flexibility index (Phi) is 5.79. The van der Waals surface area contributed by atoms with Crippen LogP contribution in [0, 0.1) is 0 Å². The van der Waals surface area contributed by atoms with Crippen LogP contribution in [0.2, 0.25) is 0 Å². The maximum atomic E-state index is 13.0. The van der Waals surface area contributed by atoms with E-state index in [1.807, 2.05) is 0 Å². The van der Waals surface area contributed by atoms with E-state index in [1.165, 1.54) is 12.5 Å². The Morgan fingerprint density at radius 3 is 1.62 bits per heavy atom. The zero-order valence-corrected chi connectivity index (χ0v) is 13.6. The fourth-order valence-electron chi connectivity index (χ4n) is 2.28. The first-order valence-corrected chi connectivity index (χ1v) is 9.20. The van der Waals surface area contributed by atoms with Crippen molar-refractivity contribution in [2.24, 2.45) is 0 Å². The van der Waals surface area contributed by atoms with Crippen LogP contribution in [0.4, 0.5) is 0 Å². The van der Waals surface area contributed by atoms with E-state index in [1.54, 1.807) is 24.3 Å². The highest BCUT2D eigenvalue weighted by Crippen LogP contribution is 2.39. The van der Waals surface area contributed by atoms with E-state index >= 15 is 0 Å². The Bertz CT molecular complexity index is 570. The molecule has 0 saturated heterocycles. The molecule has 7 heteroatoms. The standard InChI is InChI=1S/C14H16Cl2O4S/c15-7-5-13(11-3-1-9-19-11)21(17,18)14(6-8-16)12-4-2-10-20-12/h1-4,9-10,13-14H,5-8H2. The molecule has 0 spiro atoms. The first kappa shape index (κ1) is 16.5. The first-order valence-electron chi connectivity index (χ1n) is 6.52. The molecule has 2 heterocycles. The van der Waals surface area contributed by atoms with Gasteiger partial charge in [0.25, 0.3) is 0 Å². The number of halogens is 2. The molecule has 0 radical (unpaired) electrons. The second-order valence-electron chi connectivity index (χ2n) is 4.55. The molecule has 0 bridgehead atoms. The van der Waals surface area contributed by atoms with Gasteiger partial charge in [-0.05, 0) is 37.1 Å². The summed E-state index contributed by atoms with van der Waals surface area (Å²) in [6.07, 6.45) is 3.46. The van der Waals surface area contributed by atoms with Crippen molar-refractivity contribution in [3.8, 4) is 0 Å². The van der Waals surface area contributed by atoms with Crippen LogP contribution >= 0.6 is 23.2 Å². The summed E-state index contributed by atoms with van der Waals surface area (Å²) in [5.74, 6) is 1.22. The van der Waals surface area contributed by atoms with E-state index in [0.29, 0.717) is 11.5 Å². The van der Waals surface area contributed by atoms with Gasteiger partial charge in [0.15, 0.2) is 9.84 Å². The summed E-state index contributed by atoms with van der Waals surface area (Å²) in [4.78, 5) is 0. The molecule has 0 saturated carbocycles. The number of hydrogen-bond donors (Lipinski definition) is 0. The van der Waals surface area contributed by atoms with Crippen molar-refractivity contribution in [1.29, 1.82) is 0 Å². The Morgan fingerprint density at radius 2 is 1.33 bits per heavy atom. The molecule has 0 amide bonds. The third kappa shape index (κ3) is 3.65. The summed E-state index contributed by atoms with van der Waals surface area (Å²) in [5, 5.41) is -1.60. The Hall–Kier alpha value is -0.910. The Morgan fingerprint density at radius 1 is 0.905 bits per heavy atom. The van der Waals surface area contributed by atoms with Crippen molar-refractivity contribution < 1.29 is 17.3 Å². The second kappa shape index (κ2) is 7.38. The maximum absolute atomic E-state index is 13.0. The summed E-state index contributed by atoms with van der Waals surface area (Å²) < 4.78 is 36.5. The van der Waals surface area contributed by atoms with Crippen LogP contribution in [-0.2, 0) is 9.84 Å². The highest BCUT2D eigenvalue weighted by atomic mass is 35.5. The number of furan rings is 2. The number of hydrogen-bond acceptors (Lipinski definition) is 4. The van der Waals surface area contributed by atoms with Crippen LogP contribution in [0.15, 0.2) is 45.6 Å². The van der Waals surface area contributed by atoms with Gasteiger partial charge in [0.2, 0.25) is 0 Å². The van der Waals surface area contributed by atoms with Gasteiger partial charge in [0, 0.05) is 11.8 Å². The Balaban J connectivity index is 2.40. The van der Waals surface area contributed by atoms with Gasteiger partial charge in [-0.25, -0.2) is 8.42 Å². The molecule has 0 N–H and O–H groups in total. The number of sulfone groups is 1. The van der Waals surface area contributed by atoms with Gasteiger partial charge in [0.05, 0.1) is 12.5 Å². The van der Waals surface area contributed by atoms with Crippen molar-refractivity contribution in [3.05, 3.63) is 48.3 Å². The fourth-order valence-corrected chi connectivity index (χ4v) is 5.18. The van der Waals surface area contributed by atoms with Crippen molar-refractivity contribution >= 4 is 33.0 Å². The molecule has 0 aromatic carbocycles. The molecule has 21 heavy (non-hydrogen) atoms. The van der Waals surface area contributed by atoms with Gasteiger partial charge in [-0.3, -0.25) is 0 Å². The summed E-state index contributed by atoms with van der Waals surface area (Å²) in [6, 6.07) is 6.62. The predicted octanol–water partition coefficient (Wildman–Crippen LogP) is 4.33. The average Bonchev–Trinajstić information content (AvgIpc) is 3.14. The van der Waals surface area contributed by atoms with Crippen molar-refractivity contribution in [3.63, 3.8) is 0 Å². The van der Waals surface area contributed by atoms with E-state index in [4.69, 9.17) is 32.0 Å². The lowest BCUT2D eigenvalue weighted by Crippen LogP contribution is -2.21. The van der Waals surface area contributed by atoms with E-state index in [2.05, 4.69) is 0 Å². The Labute approximate surface area is 133 Å². The fraction of sp³-hybridized carbons (Fsp3) is 0.429. The molecule has 2 atom stereocenters. The van der Waals surface area contributed by atoms with Crippen LogP contribution in [0.5, 0.6) is 0 Å². The van der Waals surface area contributed by atoms with Crippen LogP contribution in [0.3, 0.4) is 0 Å². The molecule has 2 aromatic rings. The van der Waals surface area contributed by atoms with E-state index in [0.717, 1.165) is 0 Å². The zero-order chi connectivity index (χ0) is 15.3. The van der Waals surface area contributed by atoms with E-state index in [9.17, 15) is 8.42 Å². The van der Waals surface area contributed by atoms with Gasteiger partial charge in [0.1, 0.15) is 22.0 Å². The van der Waals surface area contributed by atoms with Gasteiger partial charge in [-0.15, -0.1) is 23.2 Å². The summed E-state index contributed by atoms with van der Waals surface area (Å²) >= 11 is 11.5. The van der Waals surface area contributed by atoms with Gasteiger partial charge < -0.3 is 8.83 Å². The largest absolute Gasteiger partial charge is 0.468 e. The summed E-state index contributed by atoms with van der Waals surface area (Å²) in [6.45, 7) is 0. The van der Waals surface area contributed by atoms with E-state index < -0.39 is 20.3 Å². The molecule has 2 rings (SSSR count). The third-order valence-corrected chi connectivity index (χ3v) is 6.22. The van der Waals surface area contributed by atoms with Crippen LogP contribution in [-0.4, -0.2) is 20.2 Å². The molecule has 2 aromatic heterocycles. The molecule has 0 fully saturated rings. The van der Waals surface area contributed by atoms with Crippen molar-refractivity contribution in [1.82, 2.24) is 0 Å². The van der Waals surface area contributed by atoms with Gasteiger partial charge in [-0.2, -0.15) is 0 Å². The minimum Gasteiger partial charge on any atom is -0.468 e. The van der Waals surface area contributed by atoms with Crippen LogP contribution in [0.25, 0.3) is 0 Å². The first-order chi connectivity index (χ1) is 10.1. The SMILES string of the molecule is O=S(=O)(C(CCCl)c1ccco1)C(CCCl)c1ccco1. The lowest BCUT2D eigenvalue weighted by atomic mass is 10.2. The average molecular weight is 351 g/mol. The molecular formula is C14H16Cl2O4S. The van der Waals surface area contributed by atoms with Gasteiger partial charge >= 0.3 is 0 Å². The smallest absolute Gasteiger partial charge is 0.170 e. The lowest BCUT2D eigenvalue weighted by Gasteiger charge is -2.21.